The molecule has 7 nitrogen and oxygen atoms in total. The Bertz CT molecular complexity index is 505. The number of likely N-dealkylation sites (tertiary alicyclic amines) is 1. The smallest absolute Gasteiger partial charge is 0.310 e. The lowest BCUT2D eigenvalue weighted by molar-refractivity contribution is -0.149. The lowest BCUT2D eigenvalue weighted by Gasteiger charge is -2.34. The van der Waals surface area contributed by atoms with E-state index in [1.165, 1.54) is 6.26 Å². The molecule has 1 unspecified atom stereocenters. The van der Waals surface area contributed by atoms with Crippen LogP contribution in [-0.2, 0) is 19.4 Å². The van der Waals surface area contributed by atoms with Gasteiger partial charge in [0.1, 0.15) is 9.84 Å². The minimum atomic E-state index is -2.95. The molecule has 1 aliphatic heterocycles. The van der Waals surface area contributed by atoms with E-state index in [2.05, 4.69) is 15.2 Å². The van der Waals surface area contributed by atoms with Gasteiger partial charge in [-0.05, 0) is 33.1 Å². The second-order valence-corrected chi connectivity index (χ2v) is 8.02. The number of esters is 1. The van der Waals surface area contributed by atoms with E-state index in [1.54, 1.807) is 0 Å². The maximum atomic E-state index is 11.9. The largest absolute Gasteiger partial charge is 0.466 e. The number of guanidine groups is 1. The topological polar surface area (TPSA) is 88.1 Å². The maximum Gasteiger partial charge on any atom is 0.310 e. The first-order chi connectivity index (χ1) is 10.9. The summed E-state index contributed by atoms with van der Waals surface area (Å²) in [6.45, 7) is 6.81. The third-order valence-electron chi connectivity index (χ3n) is 3.61. The Labute approximate surface area is 139 Å². The minimum absolute atomic E-state index is 0.122. The molecule has 1 fully saturated rings. The number of nitrogens with zero attached hydrogens (tertiary/aromatic N) is 2. The molecular weight excluding hydrogens is 318 g/mol. The molecule has 0 radical (unpaired) electrons. The molecule has 0 amide bonds. The lowest BCUT2D eigenvalue weighted by Crippen LogP contribution is -2.48. The van der Waals surface area contributed by atoms with Crippen molar-refractivity contribution < 1.29 is 17.9 Å². The molecule has 0 aliphatic carbocycles. The number of hydrogen-bond acceptors (Lipinski definition) is 5. The average Bonchev–Trinajstić information content (AvgIpc) is 2.50. The van der Waals surface area contributed by atoms with Gasteiger partial charge in [-0.3, -0.25) is 9.79 Å². The first-order valence-corrected chi connectivity index (χ1v) is 10.3. The van der Waals surface area contributed by atoms with Crippen LogP contribution in [0.25, 0.3) is 0 Å². The zero-order valence-electron chi connectivity index (χ0n) is 14.4. The lowest BCUT2D eigenvalue weighted by atomic mass is 9.98. The summed E-state index contributed by atoms with van der Waals surface area (Å²) in [5, 5.41) is 3.22. The van der Waals surface area contributed by atoms with E-state index in [0.29, 0.717) is 26.1 Å². The van der Waals surface area contributed by atoms with E-state index >= 15 is 0 Å². The van der Waals surface area contributed by atoms with E-state index < -0.39 is 9.84 Å². The van der Waals surface area contributed by atoms with Gasteiger partial charge in [-0.2, -0.15) is 0 Å². The third-order valence-corrected chi connectivity index (χ3v) is 4.64. The molecule has 1 aliphatic rings. The standard InChI is InChI=1S/C15H29N3O4S/c1-4-16-15(17-9-7-11-23(3,20)21)18-10-6-8-13(12-18)14(19)22-5-2/h13H,4-12H2,1-3H3,(H,16,17). The van der Waals surface area contributed by atoms with Crippen LogP contribution in [0.5, 0.6) is 0 Å². The van der Waals surface area contributed by atoms with Gasteiger partial charge in [-0.15, -0.1) is 0 Å². The van der Waals surface area contributed by atoms with Gasteiger partial charge in [0.25, 0.3) is 0 Å². The monoisotopic (exact) mass is 347 g/mol. The van der Waals surface area contributed by atoms with E-state index in [4.69, 9.17) is 4.74 Å². The number of piperidine rings is 1. The van der Waals surface area contributed by atoms with Crippen molar-refractivity contribution in [1.29, 1.82) is 0 Å². The summed E-state index contributed by atoms with van der Waals surface area (Å²) in [7, 11) is -2.95. The molecule has 0 aromatic rings. The van der Waals surface area contributed by atoms with Crippen molar-refractivity contribution >= 4 is 21.8 Å². The fraction of sp³-hybridized carbons (Fsp3) is 0.867. The summed E-state index contributed by atoms with van der Waals surface area (Å²) in [6, 6.07) is 0. The molecule has 1 heterocycles. The SMILES string of the molecule is CCNC(=NCCCS(C)(=O)=O)N1CCCC(C(=O)OCC)C1. The Kier molecular flexibility index (Phi) is 8.36. The number of ether oxygens (including phenoxy) is 1. The third kappa shape index (κ3) is 7.67. The van der Waals surface area contributed by atoms with Crippen molar-refractivity contribution in [3.63, 3.8) is 0 Å². The predicted octanol–water partition coefficient (Wildman–Crippen LogP) is 0.662. The quantitative estimate of drug-likeness (QED) is 0.315. The zero-order valence-corrected chi connectivity index (χ0v) is 15.2. The fourth-order valence-corrected chi connectivity index (χ4v) is 3.21. The zero-order chi connectivity index (χ0) is 17.3. The highest BCUT2D eigenvalue weighted by Gasteiger charge is 2.28. The van der Waals surface area contributed by atoms with E-state index in [-0.39, 0.29) is 17.6 Å². The Balaban J connectivity index is 2.62. The summed E-state index contributed by atoms with van der Waals surface area (Å²) in [5.41, 5.74) is 0. The van der Waals surface area contributed by atoms with Crippen molar-refractivity contribution in [3.05, 3.63) is 0 Å². The molecule has 1 saturated heterocycles. The van der Waals surface area contributed by atoms with Crippen LogP contribution < -0.4 is 5.32 Å². The second-order valence-electron chi connectivity index (χ2n) is 5.76. The summed E-state index contributed by atoms with van der Waals surface area (Å²) in [6.07, 6.45) is 3.49. The summed E-state index contributed by atoms with van der Waals surface area (Å²) in [5.74, 6) is 0.616. The molecule has 134 valence electrons. The first-order valence-electron chi connectivity index (χ1n) is 8.25. The van der Waals surface area contributed by atoms with Crippen LogP contribution in [0, 0.1) is 5.92 Å². The predicted molar refractivity (Wildman–Crippen MR) is 91.2 cm³/mol. The highest BCUT2D eigenvalue weighted by Crippen LogP contribution is 2.18. The molecule has 8 heteroatoms. The Morgan fingerprint density at radius 2 is 2.13 bits per heavy atom. The van der Waals surface area contributed by atoms with Gasteiger partial charge >= 0.3 is 5.97 Å². The summed E-state index contributed by atoms with van der Waals surface area (Å²) >= 11 is 0. The molecule has 1 atom stereocenters. The Hall–Kier alpha value is -1.31. The van der Waals surface area contributed by atoms with Crippen molar-refractivity contribution in [2.24, 2.45) is 10.9 Å². The second kappa shape index (κ2) is 9.75. The van der Waals surface area contributed by atoms with Gasteiger partial charge < -0.3 is 15.0 Å². The van der Waals surface area contributed by atoms with Crippen LogP contribution in [0.3, 0.4) is 0 Å². The minimum Gasteiger partial charge on any atom is -0.466 e. The molecule has 1 N–H and O–H groups in total. The number of aliphatic imine (C=N–C) groups is 1. The number of hydrogen-bond donors (Lipinski definition) is 1. The van der Waals surface area contributed by atoms with Crippen molar-refractivity contribution in [2.75, 3.05) is 44.8 Å². The number of rotatable bonds is 7. The highest BCUT2D eigenvalue weighted by atomic mass is 32.2. The van der Waals surface area contributed by atoms with Gasteiger partial charge in [0.05, 0.1) is 18.3 Å². The Morgan fingerprint density at radius 3 is 2.74 bits per heavy atom. The van der Waals surface area contributed by atoms with Crippen molar-refractivity contribution in [1.82, 2.24) is 10.2 Å². The molecule has 0 aromatic heterocycles. The van der Waals surface area contributed by atoms with Gasteiger partial charge in [0.15, 0.2) is 5.96 Å². The molecule has 0 saturated carbocycles. The van der Waals surface area contributed by atoms with E-state index in [0.717, 1.165) is 31.9 Å². The summed E-state index contributed by atoms with van der Waals surface area (Å²) in [4.78, 5) is 18.5. The Morgan fingerprint density at radius 1 is 1.39 bits per heavy atom. The van der Waals surface area contributed by atoms with Gasteiger partial charge in [0, 0.05) is 32.4 Å². The summed E-state index contributed by atoms with van der Waals surface area (Å²) < 4.78 is 27.4. The molecule has 0 bridgehead atoms. The van der Waals surface area contributed by atoms with Gasteiger partial charge in [-0.1, -0.05) is 0 Å². The van der Waals surface area contributed by atoms with E-state index in [1.807, 2.05) is 13.8 Å². The molecule has 0 aromatic carbocycles. The van der Waals surface area contributed by atoms with Gasteiger partial charge in [-0.25, -0.2) is 8.42 Å². The van der Waals surface area contributed by atoms with Crippen LogP contribution in [0.1, 0.15) is 33.1 Å². The normalized spacial score (nSPS) is 19.5. The fourth-order valence-electron chi connectivity index (χ4n) is 2.56. The van der Waals surface area contributed by atoms with E-state index in [9.17, 15) is 13.2 Å². The highest BCUT2D eigenvalue weighted by molar-refractivity contribution is 7.90. The van der Waals surface area contributed by atoms with Crippen LogP contribution in [0.2, 0.25) is 0 Å². The van der Waals surface area contributed by atoms with Crippen molar-refractivity contribution in [2.45, 2.75) is 33.1 Å². The molecule has 23 heavy (non-hydrogen) atoms. The van der Waals surface area contributed by atoms with Crippen LogP contribution in [0.15, 0.2) is 4.99 Å². The number of carbonyl (C=O) groups excluding carboxylic acids is 1. The molecule has 1 rings (SSSR count). The number of carbonyl (C=O) groups is 1. The molecule has 0 spiro atoms. The maximum absolute atomic E-state index is 11.9. The number of sulfone groups is 1. The first kappa shape index (κ1) is 19.7. The number of nitrogens with one attached hydrogen (secondary N) is 1. The van der Waals surface area contributed by atoms with Crippen molar-refractivity contribution in [3.8, 4) is 0 Å². The van der Waals surface area contributed by atoms with Gasteiger partial charge in [0.2, 0.25) is 0 Å². The van der Waals surface area contributed by atoms with Crippen LogP contribution in [0.4, 0.5) is 0 Å². The van der Waals surface area contributed by atoms with Crippen LogP contribution in [-0.4, -0.2) is 70.0 Å². The average molecular weight is 347 g/mol. The van der Waals surface area contributed by atoms with Crippen LogP contribution >= 0.6 is 0 Å². The molecular formula is C15H29N3O4S.